The van der Waals surface area contributed by atoms with Crippen molar-refractivity contribution in [2.75, 3.05) is 11.9 Å². The Labute approximate surface area is 106 Å². The van der Waals surface area contributed by atoms with Crippen LogP contribution in [0.2, 0.25) is 0 Å². The number of nitrogens with one attached hydrogen (secondary N) is 2. The highest BCUT2D eigenvalue weighted by Gasteiger charge is 2.14. The van der Waals surface area contributed by atoms with Crippen LogP contribution in [-0.2, 0) is 9.59 Å². The molecule has 0 saturated heterocycles. The molecule has 18 heavy (non-hydrogen) atoms. The highest BCUT2D eigenvalue weighted by molar-refractivity contribution is 6.39. The fourth-order valence-corrected chi connectivity index (χ4v) is 1.39. The maximum atomic E-state index is 11.5. The van der Waals surface area contributed by atoms with Gasteiger partial charge in [-0.2, -0.15) is 0 Å². The molecule has 0 radical (unpaired) electrons. The molecule has 0 unspecified atom stereocenters. The third-order valence-electron chi connectivity index (χ3n) is 2.42. The zero-order valence-corrected chi connectivity index (χ0v) is 10.6. The first-order valence-electron chi connectivity index (χ1n) is 5.93. The second-order valence-electron chi connectivity index (χ2n) is 4.08. The monoisotopic (exact) mass is 250 g/mol. The summed E-state index contributed by atoms with van der Waals surface area (Å²) < 4.78 is 0. The van der Waals surface area contributed by atoms with E-state index in [1.807, 2.05) is 13.8 Å². The van der Waals surface area contributed by atoms with Crippen LogP contribution in [0.4, 0.5) is 5.69 Å². The topological polar surface area (TPSA) is 78.4 Å². The summed E-state index contributed by atoms with van der Waals surface area (Å²) in [5.74, 6) is -1.52. The molecule has 0 spiro atoms. The van der Waals surface area contributed by atoms with Gasteiger partial charge in [0.15, 0.2) is 0 Å². The molecule has 2 amide bonds. The predicted molar refractivity (Wildman–Crippen MR) is 69.4 cm³/mol. The van der Waals surface area contributed by atoms with E-state index in [-0.39, 0.29) is 11.4 Å². The summed E-state index contributed by atoms with van der Waals surface area (Å²) in [7, 11) is 0. The first-order valence-corrected chi connectivity index (χ1v) is 5.93. The Hall–Kier alpha value is -2.04. The van der Waals surface area contributed by atoms with E-state index in [2.05, 4.69) is 10.6 Å². The smallest absolute Gasteiger partial charge is 0.313 e. The Morgan fingerprint density at radius 3 is 2.61 bits per heavy atom. The molecule has 3 N–H and O–H groups in total. The van der Waals surface area contributed by atoms with Gasteiger partial charge in [0.05, 0.1) is 5.69 Å². The first-order chi connectivity index (χ1) is 8.54. The molecule has 1 rings (SSSR count). The molecule has 0 atom stereocenters. The molecular formula is C13H18N2O3. The van der Waals surface area contributed by atoms with Crippen LogP contribution in [0, 0.1) is 6.92 Å². The number of carbonyl (C=O) groups is 2. The highest BCUT2D eigenvalue weighted by atomic mass is 16.3. The molecule has 0 aliphatic rings. The number of unbranched alkanes of at least 4 members (excludes halogenated alkanes) is 1. The molecule has 0 aliphatic heterocycles. The maximum Gasteiger partial charge on any atom is 0.313 e. The number of hydrogen-bond acceptors (Lipinski definition) is 3. The summed E-state index contributed by atoms with van der Waals surface area (Å²) in [6.07, 6.45) is 1.77. The predicted octanol–water partition coefficient (Wildman–Crippen LogP) is 1.56. The second kappa shape index (κ2) is 6.64. The normalized spacial score (nSPS) is 9.89. The molecule has 1 aromatic rings. The van der Waals surface area contributed by atoms with Crippen molar-refractivity contribution in [1.29, 1.82) is 0 Å². The number of hydrogen-bond donors (Lipinski definition) is 3. The quantitative estimate of drug-likeness (QED) is 0.431. The van der Waals surface area contributed by atoms with E-state index in [9.17, 15) is 14.7 Å². The van der Waals surface area contributed by atoms with E-state index >= 15 is 0 Å². The van der Waals surface area contributed by atoms with Crippen molar-refractivity contribution in [3.63, 3.8) is 0 Å². The minimum absolute atomic E-state index is 0.0512. The Bertz CT molecular complexity index is 444. The van der Waals surface area contributed by atoms with Crippen LogP contribution in [0.15, 0.2) is 18.2 Å². The van der Waals surface area contributed by atoms with Crippen LogP contribution < -0.4 is 10.6 Å². The van der Waals surface area contributed by atoms with Gasteiger partial charge in [0.1, 0.15) is 5.75 Å². The number of aromatic hydroxyl groups is 1. The largest absolute Gasteiger partial charge is 0.506 e. The molecule has 5 nitrogen and oxygen atoms in total. The van der Waals surface area contributed by atoms with Gasteiger partial charge in [-0.05, 0) is 31.0 Å². The zero-order chi connectivity index (χ0) is 13.5. The number of amides is 2. The lowest BCUT2D eigenvalue weighted by molar-refractivity contribution is -0.136. The van der Waals surface area contributed by atoms with E-state index in [1.165, 1.54) is 6.07 Å². The lowest BCUT2D eigenvalue weighted by Gasteiger charge is -2.08. The Morgan fingerprint density at radius 1 is 1.28 bits per heavy atom. The Balaban J connectivity index is 2.56. The van der Waals surface area contributed by atoms with E-state index in [0.29, 0.717) is 6.54 Å². The number of phenolic OH excluding ortho intramolecular Hbond substituents is 1. The van der Waals surface area contributed by atoms with E-state index in [4.69, 9.17) is 0 Å². The molecule has 0 aliphatic carbocycles. The van der Waals surface area contributed by atoms with Crippen molar-refractivity contribution < 1.29 is 14.7 Å². The van der Waals surface area contributed by atoms with Crippen molar-refractivity contribution in [3.05, 3.63) is 23.8 Å². The van der Waals surface area contributed by atoms with Crippen LogP contribution in [0.1, 0.15) is 25.3 Å². The number of rotatable bonds is 4. The fraction of sp³-hybridized carbons (Fsp3) is 0.385. The number of anilines is 1. The molecule has 1 aromatic carbocycles. The number of carbonyl (C=O) groups excluding carboxylic acids is 2. The molecule has 0 aromatic heterocycles. The van der Waals surface area contributed by atoms with Gasteiger partial charge >= 0.3 is 11.8 Å². The summed E-state index contributed by atoms with van der Waals surface area (Å²) >= 11 is 0. The van der Waals surface area contributed by atoms with Crippen molar-refractivity contribution >= 4 is 17.5 Å². The van der Waals surface area contributed by atoms with Crippen LogP contribution in [0.3, 0.4) is 0 Å². The number of aryl methyl sites for hydroxylation is 1. The minimum atomic E-state index is -0.773. The molecule has 0 bridgehead atoms. The molecule has 0 heterocycles. The van der Waals surface area contributed by atoms with Gasteiger partial charge in [-0.15, -0.1) is 0 Å². The summed E-state index contributed by atoms with van der Waals surface area (Å²) in [5, 5.41) is 14.5. The Kier molecular flexibility index (Phi) is 5.17. The molecule has 0 fully saturated rings. The van der Waals surface area contributed by atoms with Gasteiger partial charge in [0.2, 0.25) is 0 Å². The lowest BCUT2D eigenvalue weighted by atomic mass is 10.2. The van der Waals surface area contributed by atoms with Crippen molar-refractivity contribution in [2.45, 2.75) is 26.7 Å². The third-order valence-corrected chi connectivity index (χ3v) is 2.42. The zero-order valence-electron chi connectivity index (χ0n) is 10.6. The van der Waals surface area contributed by atoms with Crippen molar-refractivity contribution in [3.8, 4) is 5.75 Å². The van der Waals surface area contributed by atoms with E-state index in [1.54, 1.807) is 12.1 Å². The van der Waals surface area contributed by atoms with E-state index < -0.39 is 11.8 Å². The van der Waals surface area contributed by atoms with E-state index in [0.717, 1.165) is 18.4 Å². The van der Waals surface area contributed by atoms with Gasteiger partial charge < -0.3 is 15.7 Å². The fourth-order valence-electron chi connectivity index (χ4n) is 1.39. The standard InChI is InChI=1S/C13H18N2O3/c1-3-4-7-14-12(17)13(18)15-10-6-5-9(2)8-11(10)16/h5-6,8,16H,3-4,7H2,1-2H3,(H,14,17)(H,15,18). The average Bonchev–Trinajstić information content (AvgIpc) is 2.32. The summed E-state index contributed by atoms with van der Waals surface area (Å²) in [6.45, 7) is 4.29. The molecule has 98 valence electrons. The van der Waals surface area contributed by atoms with Crippen molar-refractivity contribution in [1.82, 2.24) is 5.32 Å². The second-order valence-corrected chi connectivity index (χ2v) is 4.08. The molecular weight excluding hydrogens is 232 g/mol. The lowest BCUT2D eigenvalue weighted by Crippen LogP contribution is -2.35. The number of phenols is 1. The van der Waals surface area contributed by atoms with Crippen molar-refractivity contribution in [2.24, 2.45) is 0 Å². The minimum Gasteiger partial charge on any atom is -0.506 e. The van der Waals surface area contributed by atoms with Gasteiger partial charge in [-0.3, -0.25) is 9.59 Å². The van der Waals surface area contributed by atoms with Gasteiger partial charge in [-0.1, -0.05) is 19.4 Å². The average molecular weight is 250 g/mol. The number of benzene rings is 1. The van der Waals surface area contributed by atoms with Gasteiger partial charge in [0.25, 0.3) is 0 Å². The van der Waals surface area contributed by atoms with Crippen LogP contribution >= 0.6 is 0 Å². The van der Waals surface area contributed by atoms with Crippen LogP contribution in [0.5, 0.6) is 5.75 Å². The summed E-state index contributed by atoms with van der Waals surface area (Å²) in [4.78, 5) is 22.9. The molecule has 0 saturated carbocycles. The summed E-state index contributed by atoms with van der Waals surface area (Å²) in [6, 6.07) is 4.82. The maximum absolute atomic E-state index is 11.5. The highest BCUT2D eigenvalue weighted by Crippen LogP contribution is 2.23. The summed E-state index contributed by atoms with van der Waals surface area (Å²) in [5.41, 5.74) is 1.11. The Morgan fingerprint density at radius 2 is 2.00 bits per heavy atom. The first kappa shape index (κ1) is 14.0. The third kappa shape index (κ3) is 4.08. The van der Waals surface area contributed by atoms with Crippen LogP contribution in [-0.4, -0.2) is 23.5 Å². The SMILES string of the molecule is CCCCNC(=O)C(=O)Nc1ccc(C)cc1O. The van der Waals surface area contributed by atoms with Crippen LogP contribution in [0.25, 0.3) is 0 Å². The molecule has 5 heteroatoms. The van der Waals surface area contributed by atoms with Gasteiger partial charge in [0, 0.05) is 6.54 Å². The van der Waals surface area contributed by atoms with Gasteiger partial charge in [-0.25, -0.2) is 0 Å².